The zero-order valence-electron chi connectivity index (χ0n) is 13.6. The number of thiocarbonyl (C=S) groups is 1. The van der Waals surface area contributed by atoms with E-state index in [0.29, 0.717) is 26.0 Å². The number of thioether (sulfide) groups is 1. The fraction of sp³-hybridized carbons (Fsp3) is 0.111. The Morgan fingerprint density at radius 2 is 1.84 bits per heavy atom. The molecule has 1 aliphatic rings. The largest absolute Gasteiger partial charge is 0.272 e. The number of amides is 1. The van der Waals surface area contributed by atoms with Crippen LogP contribution in [-0.4, -0.2) is 15.2 Å². The number of aryl methyl sites for hydroxylation is 2. The number of benzene rings is 2. The van der Waals surface area contributed by atoms with Crippen LogP contribution in [0.1, 0.15) is 16.7 Å². The molecule has 126 valence electrons. The first-order valence-electron chi connectivity index (χ1n) is 7.46. The number of carbonyl (C=O) groups is 1. The molecular weight excluding hydrogens is 356 g/mol. The Bertz CT molecular complexity index is 920. The summed E-state index contributed by atoms with van der Waals surface area (Å²) in [5.41, 5.74) is 3.02. The second-order valence-corrected chi connectivity index (χ2v) is 7.33. The van der Waals surface area contributed by atoms with Crippen molar-refractivity contribution in [2.24, 2.45) is 0 Å². The molecule has 0 bridgehead atoms. The molecule has 0 atom stereocenters. The average molecular weight is 370 g/mol. The Labute approximate surface area is 154 Å². The van der Waals surface area contributed by atoms with Crippen molar-refractivity contribution in [3.8, 4) is 0 Å². The molecule has 1 saturated heterocycles. The monoisotopic (exact) mass is 370 g/mol. The van der Waals surface area contributed by atoms with E-state index in [1.807, 2.05) is 31.2 Å². The van der Waals surface area contributed by atoms with Gasteiger partial charge in [0.25, 0.3) is 11.6 Å². The van der Waals surface area contributed by atoms with Gasteiger partial charge < -0.3 is 0 Å². The lowest BCUT2D eigenvalue weighted by Crippen LogP contribution is -2.27. The number of nitro benzene ring substituents is 1. The Morgan fingerprint density at radius 1 is 1.16 bits per heavy atom. The molecule has 1 amide bonds. The van der Waals surface area contributed by atoms with E-state index in [4.69, 9.17) is 12.2 Å². The van der Waals surface area contributed by atoms with Crippen molar-refractivity contribution in [2.75, 3.05) is 4.90 Å². The molecule has 7 heteroatoms. The van der Waals surface area contributed by atoms with Crippen molar-refractivity contribution >= 4 is 51.7 Å². The molecule has 25 heavy (non-hydrogen) atoms. The third kappa shape index (κ3) is 3.47. The van der Waals surface area contributed by atoms with Crippen molar-refractivity contribution in [1.29, 1.82) is 0 Å². The number of hydrogen-bond acceptors (Lipinski definition) is 5. The first kappa shape index (κ1) is 17.3. The van der Waals surface area contributed by atoms with Gasteiger partial charge in [-0.3, -0.25) is 19.8 Å². The van der Waals surface area contributed by atoms with Gasteiger partial charge in [0.15, 0.2) is 4.32 Å². The van der Waals surface area contributed by atoms with Gasteiger partial charge in [-0.2, -0.15) is 0 Å². The number of nitrogens with zero attached hydrogens (tertiary/aromatic N) is 2. The molecule has 0 N–H and O–H groups in total. The lowest BCUT2D eigenvalue weighted by atomic mass is 10.1. The van der Waals surface area contributed by atoms with Crippen LogP contribution in [0.3, 0.4) is 0 Å². The highest BCUT2D eigenvalue weighted by Gasteiger charge is 2.33. The number of rotatable bonds is 3. The molecule has 0 aromatic heterocycles. The minimum Gasteiger partial charge on any atom is -0.268 e. The van der Waals surface area contributed by atoms with Crippen LogP contribution >= 0.6 is 24.0 Å². The van der Waals surface area contributed by atoms with Gasteiger partial charge in [-0.05, 0) is 37.6 Å². The molecule has 0 spiro atoms. The molecule has 2 aromatic rings. The average Bonchev–Trinajstić information content (AvgIpc) is 2.84. The van der Waals surface area contributed by atoms with Crippen LogP contribution in [0.2, 0.25) is 0 Å². The van der Waals surface area contributed by atoms with Crippen LogP contribution in [0.25, 0.3) is 6.08 Å². The summed E-state index contributed by atoms with van der Waals surface area (Å²) in [6.07, 6.45) is 1.64. The van der Waals surface area contributed by atoms with Crippen LogP contribution in [0.4, 0.5) is 11.4 Å². The Morgan fingerprint density at radius 3 is 2.48 bits per heavy atom. The third-order valence-corrected chi connectivity index (χ3v) is 5.12. The van der Waals surface area contributed by atoms with E-state index in [2.05, 4.69) is 0 Å². The molecule has 1 fully saturated rings. The van der Waals surface area contributed by atoms with Gasteiger partial charge in [0.1, 0.15) is 0 Å². The van der Waals surface area contributed by atoms with E-state index in [0.717, 1.165) is 5.56 Å². The standard InChI is InChI=1S/C18H14N2O3S2/c1-11-3-7-14(8-4-11)19-17(21)16(25-18(19)24)10-13-6-5-12(2)15(9-13)20(22)23/h3-10H,1-2H3/b16-10+. The van der Waals surface area contributed by atoms with Crippen LogP contribution in [-0.2, 0) is 4.79 Å². The summed E-state index contributed by atoms with van der Waals surface area (Å²) in [7, 11) is 0. The highest BCUT2D eigenvalue weighted by Crippen LogP contribution is 2.36. The number of carbonyl (C=O) groups excluding carboxylic acids is 1. The predicted octanol–water partition coefficient (Wildman–Crippen LogP) is 4.62. The van der Waals surface area contributed by atoms with E-state index in [1.54, 1.807) is 25.1 Å². The lowest BCUT2D eigenvalue weighted by molar-refractivity contribution is -0.385. The van der Waals surface area contributed by atoms with Gasteiger partial charge in [-0.25, -0.2) is 0 Å². The fourth-order valence-electron chi connectivity index (χ4n) is 2.45. The van der Waals surface area contributed by atoms with Crippen molar-refractivity contribution in [3.05, 3.63) is 74.2 Å². The molecule has 1 aliphatic heterocycles. The van der Waals surface area contributed by atoms with E-state index in [1.165, 1.54) is 22.7 Å². The molecule has 2 aromatic carbocycles. The van der Waals surface area contributed by atoms with Gasteiger partial charge in [-0.1, -0.05) is 53.8 Å². The maximum absolute atomic E-state index is 12.7. The van der Waals surface area contributed by atoms with Crippen LogP contribution in [0.15, 0.2) is 47.4 Å². The summed E-state index contributed by atoms with van der Waals surface area (Å²) in [5, 5.41) is 11.1. The molecule has 5 nitrogen and oxygen atoms in total. The molecule has 0 unspecified atom stereocenters. The Hall–Kier alpha value is -2.51. The van der Waals surface area contributed by atoms with Gasteiger partial charge >= 0.3 is 0 Å². The van der Waals surface area contributed by atoms with E-state index >= 15 is 0 Å². The van der Waals surface area contributed by atoms with Gasteiger partial charge in [-0.15, -0.1) is 0 Å². The zero-order valence-corrected chi connectivity index (χ0v) is 15.2. The third-order valence-electron chi connectivity index (χ3n) is 3.81. The maximum Gasteiger partial charge on any atom is 0.272 e. The van der Waals surface area contributed by atoms with Gasteiger partial charge in [0.2, 0.25) is 0 Å². The first-order valence-corrected chi connectivity index (χ1v) is 8.69. The van der Waals surface area contributed by atoms with Crippen LogP contribution in [0.5, 0.6) is 0 Å². The minimum absolute atomic E-state index is 0.0303. The van der Waals surface area contributed by atoms with Crippen molar-refractivity contribution in [1.82, 2.24) is 0 Å². The summed E-state index contributed by atoms with van der Waals surface area (Å²) >= 11 is 6.53. The summed E-state index contributed by atoms with van der Waals surface area (Å²) in [4.78, 5) is 25.3. The summed E-state index contributed by atoms with van der Waals surface area (Å²) in [6.45, 7) is 3.65. The number of anilines is 1. The fourth-order valence-corrected chi connectivity index (χ4v) is 3.75. The van der Waals surface area contributed by atoms with E-state index < -0.39 is 4.92 Å². The van der Waals surface area contributed by atoms with Crippen molar-refractivity contribution in [3.63, 3.8) is 0 Å². The normalized spacial score (nSPS) is 15.9. The summed E-state index contributed by atoms with van der Waals surface area (Å²) in [5.74, 6) is -0.220. The summed E-state index contributed by atoms with van der Waals surface area (Å²) < 4.78 is 0.446. The lowest BCUT2D eigenvalue weighted by Gasteiger charge is -2.14. The van der Waals surface area contributed by atoms with E-state index in [9.17, 15) is 14.9 Å². The topological polar surface area (TPSA) is 63.5 Å². The molecule has 3 rings (SSSR count). The Balaban J connectivity index is 1.94. The van der Waals surface area contributed by atoms with Crippen molar-refractivity contribution < 1.29 is 9.72 Å². The summed E-state index contributed by atoms with van der Waals surface area (Å²) in [6, 6.07) is 12.4. The zero-order chi connectivity index (χ0) is 18.1. The molecule has 1 heterocycles. The highest BCUT2D eigenvalue weighted by atomic mass is 32.2. The molecule has 0 saturated carbocycles. The van der Waals surface area contributed by atoms with E-state index in [-0.39, 0.29) is 11.6 Å². The smallest absolute Gasteiger partial charge is 0.268 e. The molecule has 0 radical (unpaired) electrons. The SMILES string of the molecule is Cc1ccc(N2C(=O)/C(=C\c3ccc(C)c([N+](=O)[O-])c3)SC2=S)cc1. The number of nitro groups is 1. The van der Waals surface area contributed by atoms with Gasteiger partial charge in [0.05, 0.1) is 15.5 Å². The predicted molar refractivity (Wildman–Crippen MR) is 105 cm³/mol. The maximum atomic E-state index is 12.7. The number of hydrogen-bond donors (Lipinski definition) is 0. The second-order valence-electron chi connectivity index (χ2n) is 5.66. The van der Waals surface area contributed by atoms with Gasteiger partial charge in [0, 0.05) is 11.6 Å². The highest BCUT2D eigenvalue weighted by molar-refractivity contribution is 8.27. The minimum atomic E-state index is -0.426. The molecular formula is C18H14N2O3S2. The Kier molecular flexibility index (Phi) is 4.69. The van der Waals surface area contributed by atoms with Crippen LogP contribution in [0, 0.1) is 24.0 Å². The van der Waals surface area contributed by atoms with Crippen molar-refractivity contribution in [2.45, 2.75) is 13.8 Å². The molecule has 0 aliphatic carbocycles. The first-order chi connectivity index (χ1) is 11.9. The second kappa shape index (κ2) is 6.78. The quantitative estimate of drug-likeness (QED) is 0.341. The van der Waals surface area contributed by atoms with Crippen LogP contribution < -0.4 is 4.90 Å².